The molecule has 0 atom stereocenters. The molecule has 1 aliphatic rings. The highest BCUT2D eigenvalue weighted by molar-refractivity contribution is 5.70. The molecule has 2 N–H and O–H groups in total. The average Bonchev–Trinajstić information content (AvgIpc) is 2.18. The molecule has 0 aliphatic heterocycles. The van der Waals surface area contributed by atoms with E-state index in [9.17, 15) is 4.79 Å². The first-order valence-electron chi connectivity index (χ1n) is 5.57. The fraction of sp³-hybridized carbons (Fsp3) is 0.909. The molecule has 0 bridgehead atoms. The topological polar surface area (TPSA) is 61.5 Å². The lowest BCUT2D eigenvalue weighted by Crippen LogP contribution is -2.39. The van der Waals surface area contributed by atoms with Crippen molar-refractivity contribution in [1.29, 1.82) is 0 Å². The summed E-state index contributed by atoms with van der Waals surface area (Å²) >= 11 is 0. The Balaban J connectivity index is 2.12. The van der Waals surface area contributed by atoms with Crippen molar-refractivity contribution in [3.8, 4) is 0 Å². The van der Waals surface area contributed by atoms with Gasteiger partial charge in [0, 0.05) is 20.1 Å². The zero-order valence-corrected chi connectivity index (χ0v) is 9.46. The van der Waals surface area contributed by atoms with Gasteiger partial charge in [0.05, 0.1) is 13.0 Å². The van der Waals surface area contributed by atoms with Crippen LogP contribution in [0.15, 0.2) is 0 Å². The third-order valence-corrected chi connectivity index (χ3v) is 3.12. The van der Waals surface area contributed by atoms with Crippen molar-refractivity contribution < 1.29 is 14.3 Å². The van der Waals surface area contributed by atoms with Gasteiger partial charge >= 0.3 is 5.97 Å². The van der Waals surface area contributed by atoms with Crippen molar-refractivity contribution in [2.45, 2.75) is 32.1 Å². The highest BCUT2D eigenvalue weighted by Crippen LogP contribution is 2.43. The van der Waals surface area contributed by atoms with E-state index in [0.717, 1.165) is 19.3 Å². The van der Waals surface area contributed by atoms with Crippen LogP contribution < -0.4 is 5.73 Å². The summed E-state index contributed by atoms with van der Waals surface area (Å²) in [6.07, 6.45) is 4.57. The van der Waals surface area contributed by atoms with Crippen molar-refractivity contribution in [3.05, 3.63) is 0 Å². The number of rotatable bonds is 7. The molecule has 1 saturated carbocycles. The second-order valence-corrected chi connectivity index (χ2v) is 4.30. The van der Waals surface area contributed by atoms with Gasteiger partial charge in [-0.2, -0.15) is 0 Å². The molecule has 4 heteroatoms. The summed E-state index contributed by atoms with van der Waals surface area (Å²) in [7, 11) is 1.64. The summed E-state index contributed by atoms with van der Waals surface area (Å²) in [6, 6.07) is 0. The maximum absolute atomic E-state index is 11.5. The first kappa shape index (κ1) is 12.5. The second kappa shape index (κ2) is 6.08. The van der Waals surface area contributed by atoms with E-state index in [0.29, 0.717) is 26.2 Å². The van der Waals surface area contributed by atoms with Crippen molar-refractivity contribution >= 4 is 5.97 Å². The quantitative estimate of drug-likeness (QED) is 0.510. The van der Waals surface area contributed by atoms with Crippen molar-refractivity contribution in [3.63, 3.8) is 0 Å². The Morgan fingerprint density at radius 3 is 2.60 bits per heavy atom. The number of methoxy groups -OCH3 is 1. The minimum Gasteiger partial charge on any atom is -0.466 e. The van der Waals surface area contributed by atoms with Crippen LogP contribution >= 0.6 is 0 Å². The fourth-order valence-electron chi connectivity index (χ4n) is 1.88. The van der Waals surface area contributed by atoms with Gasteiger partial charge in [-0.3, -0.25) is 4.79 Å². The molecule has 4 nitrogen and oxygen atoms in total. The lowest BCUT2D eigenvalue weighted by atomic mass is 9.67. The van der Waals surface area contributed by atoms with E-state index in [1.165, 1.54) is 6.42 Å². The fourth-order valence-corrected chi connectivity index (χ4v) is 1.88. The molecule has 1 aliphatic carbocycles. The molecule has 1 rings (SSSR count). The number of hydrogen-bond acceptors (Lipinski definition) is 4. The zero-order valence-electron chi connectivity index (χ0n) is 9.46. The Kier molecular flexibility index (Phi) is 5.05. The minimum absolute atomic E-state index is 0.0539. The summed E-state index contributed by atoms with van der Waals surface area (Å²) in [6.45, 7) is 1.68. The monoisotopic (exact) mass is 215 g/mol. The minimum atomic E-state index is -0.115. The molecule has 0 radical (unpaired) electrons. The standard InChI is InChI=1S/C11H21NO3/c1-14-6-3-7-15-10(13)8-11(9-12)4-2-5-11/h2-9,12H2,1H3. The predicted molar refractivity (Wildman–Crippen MR) is 57.4 cm³/mol. The molecule has 1 fully saturated rings. The highest BCUT2D eigenvalue weighted by atomic mass is 16.5. The van der Waals surface area contributed by atoms with Gasteiger partial charge in [-0.15, -0.1) is 0 Å². The molecule has 0 aromatic rings. The maximum atomic E-state index is 11.5. The van der Waals surface area contributed by atoms with Gasteiger partial charge in [0.1, 0.15) is 0 Å². The molecule has 15 heavy (non-hydrogen) atoms. The molecular weight excluding hydrogens is 194 g/mol. The highest BCUT2D eigenvalue weighted by Gasteiger charge is 2.37. The van der Waals surface area contributed by atoms with E-state index in [-0.39, 0.29) is 11.4 Å². The van der Waals surface area contributed by atoms with Crippen LogP contribution in [-0.2, 0) is 14.3 Å². The molecule has 0 saturated heterocycles. The van der Waals surface area contributed by atoms with Gasteiger partial charge in [-0.05, 0) is 24.8 Å². The van der Waals surface area contributed by atoms with Crippen LogP contribution in [0.4, 0.5) is 0 Å². The van der Waals surface area contributed by atoms with Gasteiger partial charge in [-0.25, -0.2) is 0 Å². The zero-order chi connectivity index (χ0) is 11.1. The van der Waals surface area contributed by atoms with Crippen molar-refractivity contribution in [2.75, 3.05) is 26.9 Å². The second-order valence-electron chi connectivity index (χ2n) is 4.30. The summed E-state index contributed by atoms with van der Waals surface area (Å²) in [4.78, 5) is 11.5. The molecular formula is C11H21NO3. The van der Waals surface area contributed by atoms with Crippen LogP contribution in [0.3, 0.4) is 0 Å². The van der Waals surface area contributed by atoms with Gasteiger partial charge < -0.3 is 15.2 Å². The largest absolute Gasteiger partial charge is 0.466 e. The summed E-state index contributed by atoms with van der Waals surface area (Å²) in [5.74, 6) is -0.115. The van der Waals surface area contributed by atoms with E-state index in [1.807, 2.05) is 0 Å². The molecule has 0 spiro atoms. The van der Waals surface area contributed by atoms with Crippen LogP contribution in [0.5, 0.6) is 0 Å². The van der Waals surface area contributed by atoms with Crippen LogP contribution in [0.1, 0.15) is 32.1 Å². The van der Waals surface area contributed by atoms with E-state index in [1.54, 1.807) is 7.11 Å². The first-order valence-corrected chi connectivity index (χ1v) is 5.57. The smallest absolute Gasteiger partial charge is 0.306 e. The summed E-state index contributed by atoms with van der Waals surface area (Å²) in [5, 5.41) is 0. The Hall–Kier alpha value is -0.610. The predicted octanol–water partition coefficient (Wildman–Crippen LogP) is 1.09. The Bertz CT molecular complexity index is 196. The van der Waals surface area contributed by atoms with Crippen LogP contribution in [0.2, 0.25) is 0 Å². The molecule has 0 heterocycles. The SMILES string of the molecule is COCCCOC(=O)CC1(CN)CCC1. The van der Waals surface area contributed by atoms with Crippen LogP contribution in [0.25, 0.3) is 0 Å². The average molecular weight is 215 g/mol. The normalized spacial score (nSPS) is 18.3. The van der Waals surface area contributed by atoms with E-state index in [4.69, 9.17) is 15.2 Å². The molecule has 0 unspecified atom stereocenters. The Morgan fingerprint density at radius 1 is 1.40 bits per heavy atom. The van der Waals surface area contributed by atoms with Gasteiger partial charge in [0.2, 0.25) is 0 Å². The van der Waals surface area contributed by atoms with Crippen LogP contribution in [-0.4, -0.2) is 32.8 Å². The third kappa shape index (κ3) is 3.80. The number of carbonyl (C=O) groups is 1. The van der Waals surface area contributed by atoms with Gasteiger partial charge in [-0.1, -0.05) is 6.42 Å². The Morgan fingerprint density at radius 2 is 2.13 bits per heavy atom. The van der Waals surface area contributed by atoms with E-state index in [2.05, 4.69) is 0 Å². The van der Waals surface area contributed by atoms with E-state index >= 15 is 0 Å². The number of carbonyl (C=O) groups excluding carboxylic acids is 1. The molecule has 88 valence electrons. The number of hydrogen-bond donors (Lipinski definition) is 1. The number of nitrogens with two attached hydrogens (primary N) is 1. The van der Waals surface area contributed by atoms with Crippen molar-refractivity contribution in [1.82, 2.24) is 0 Å². The molecule has 0 aromatic heterocycles. The lowest BCUT2D eigenvalue weighted by Gasteiger charge is -2.40. The van der Waals surface area contributed by atoms with Gasteiger partial charge in [0.25, 0.3) is 0 Å². The lowest BCUT2D eigenvalue weighted by molar-refractivity contribution is -0.148. The van der Waals surface area contributed by atoms with E-state index < -0.39 is 0 Å². The summed E-state index contributed by atoms with van der Waals surface area (Å²) in [5.41, 5.74) is 5.72. The molecule has 0 amide bonds. The third-order valence-electron chi connectivity index (χ3n) is 3.12. The van der Waals surface area contributed by atoms with Crippen molar-refractivity contribution in [2.24, 2.45) is 11.1 Å². The van der Waals surface area contributed by atoms with Gasteiger partial charge in [0.15, 0.2) is 0 Å². The molecule has 0 aromatic carbocycles. The first-order chi connectivity index (χ1) is 7.22. The number of ether oxygens (including phenoxy) is 2. The van der Waals surface area contributed by atoms with Crippen LogP contribution in [0, 0.1) is 5.41 Å². The Labute approximate surface area is 91.1 Å². The summed E-state index contributed by atoms with van der Waals surface area (Å²) < 4.78 is 9.97. The maximum Gasteiger partial charge on any atom is 0.306 e. The number of esters is 1.